The fraction of sp³-hybridized carbons (Fsp3) is 0.0833. The highest BCUT2D eigenvalue weighted by atomic mass is 79.9. The SMILES string of the molecule is Clc1ccc(Cl)c(OCc2ccc(Br)cn2)c1. The summed E-state index contributed by atoms with van der Waals surface area (Å²) < 4.78 is 6.48. The molecule has 0 unspecified atom stereocenters. The molecule has 88 valence electrons. The van der Waals surface area contributed by atoms with Crippen LogP contribution >= 0.6 is 39.1 Å². The van der Waals surface area contributed by atoms with Gasteiger partial charge in [-0.3, -0.25) is 4.98 Å². The van der Waals surface area contributed by atoms with E-state index < -0.39 is 0 Å². The van der Waals surface area contributed by atoms with Crippen molar-refractivity contribution in [2.45, 2.75) is 6.61 Å². The van der Waals surface area contributed by atoms with Gasteiger partial charge in [-0.1, -0.05) is 23.2 Å². The lowest BCUT2D eigenvalue weighted by Gasteiger charge is -2.07. The van der Waals surface area contributed by atoms with E-state index in [1.807, 2.05) is 12.1 Å². The minimum Gasteiger partial charge on any atom is -0.486 e. The number of ether oxygens (including phenoxy) is 1. The monoisotopic (exact) mass is 331 g/mol. The summed E-state index contributed by atoms with van der Waals surface area (Å²) in [5.41, 5.74) is 0.823. The number of hydrogen-bond acceptors (Lipinski definition) is 2. The van der Waals surface area contributed by atoms with Gasteiger partial charge in [0.2, 0.25) is 0 Å². The van der Waals surface area contributed by atoms with Crippen molar-refractivity contribution in [3.05, 3.63) is 56.7 Å². The second kappa shape index (κ2) is 5.71. The Balaban J connectivity index is 2.07. The highest BCUT2D eigenvalue weighted by Gasteiger charge is 2.03. The molecule has 0 saturated heterocycles. The van der Waals surface area contributed by atoms with Crippen molar-refractivity contribution >= 4 is 39.1 Å². The van der Waals surface area contributed by atoms with Gasteiger partial charge in [-0.05, 0) is 40.2 Å². The van der Waals surface area contributed by atoms with Gasteiger partial charge in [-0.25, -0.2) is 0 Å². The molecule has 17 heavy (non-hydrogen) atoms. The highest BCUT2D eigenvalue weighted by molar-refractivity contribution is 9.10. The minimum atomic E-state index is 0.355. The molecule has 5 heteroatoms. The molecule has 2 nitrogen and oxygen atoms in total. The fourth-order valence-electron chi connectivity index (χ4n) is 1.23. The molecule has 0 aliphatic heterocycles. The van der Waals surface area contributed by atoms with Gasteiger partial charge in [0.05, 0.1) is 10.7 Å². The second-order valence-corrected chi connectivity index (χ2v) is 5.09. The predicted molar refractivity (Wildman–Crippen MR) is 72.7 cm³/mol. The molecular weight excluding hydrogens is 325 g/mol. The molecule has 0 spiro atoms. The number of rotatable bonds is 3. The molecule has 0 N–H and O–H groups in total. The van der Waals surface area contributed by atoms with Gasteiger partial charge in [0, 0.05) is 21.8 Å². The molecule has 0 saturated carbocycles. The maximum absolute atomic E-state index is 5.98. The fourth-order valence-corrected chi connectivity index (χ4v) is 1.80. The minimum absolute atomic E-state index is 0.355. The van der Waals surface area contributed by atoms with Crippen molar-refractivity contribution in [2.75, 3.05) is 0 Å². The Morgan fingerprint density at radius 3 is 2.71 bits per heavy atom. The lowest BCUT2D eigenvalue weighted by Crippen LogP contribution is -1.98. The first-order chi connectivity index (χ1) is 8.15. The van der Waals surface area contributed by atoms with E-state index in [4.69, 9.17) is 27.9 Å². The van der Waals surface area contributed by atoms with Crippen LogP contribution in [0.1, 0.15) is 5.69 Å². The average Bonchev–Trinajstić information content (AvgIpc) is 2.32. The van der Waals surface area contributed by atoms with Crippen LogP contribution < -0.4 is 4.74 Å². The van der Waals surface area contributed by atoms with E-state index >= 15 is 0 Å². The molecule has 0 amide bonds. The smallest absolute Gasteiger partial charge is 0.139 e. The standard InChI is InChI=1S/C12H8BrCl2NO/c13-8-1-3-10(16-6-8)7-17-12-5-9(14)2-4-11(12)15/h1-6H,7H2. The van der Waals surface area contributed by atoms with E-state index in [1.165, 1.54) is 0 Å². The maximum Gasteiger partial charge on any atom is 0.139 e. The first-order valence-corrected chi connectivity index (χ1v) is 6.38. The summed E-state index contributed by atoms with van der Waals surface area (Å²) in [4.78, 5) is 4.20. The first kappa shape index (κ1) is 12.7. The van der Waals surface area contributed by atoms with Crippen molar-refractivity contribution < 1.29 is 4.74 Å². The molecule has 0 atom stereocenters. The molecule has 0 radical (unpaired) electrons. The summed E-state index contributed by atoms with van der Waals surface area (Å²) in [7, 11) is 0. The van der Waals surface area contributed by atoms with Crippen molar-refractivity contribution in [2.24, 2.45) is 0 Å². The molecule has 1 heterocycles. The van der Waals surface area contributed by atoms with Crippen LogP contribution in [0.25, 0.3) is 0 Å². The van der Waals surface area contributed by atoms with Crippen LogP contribution in [0, 0.1) is 0 Å². The Bertz CT molecular complexity index is 516. The Morgan fingerprint density at radius 1 is 1.18 bits per heavy atom. The van der Waals surface area contributed by atoms with Gasteiger partial charge in [0.1, 0.15) is 12.4 Å². The summed E-state index contributed by atoms with van der Waals surface area (Å²) >= 11 is 15.2. The molecule has 0 fully saturated rings. The summed E-state index contributed by atoms with van der Waals surface area (Å²) in [6.45, 7) is 0.355. The zero-order chi connectivity index (χ0) is 12.3. The van der Waals surface area contributed by atoms with E-state index in [9.17, 15) is 0 Å². The van der Waals surface area contributed by atoms with Crippen molar-refractivity contribution in [3.8, 4) is 5.75 Å². The normalized spacial score (nSPS) is 10.3. The number of aromatic nitrogens is 1. The van der Waals surface area contributed by atoms with E-state index in [0.29, 0.717) is 22.4 Å². The molecule has 2 rings (SSSR count). The number of nitrogens with zero attached hydrogens (tertiary/aromatic N) is 1. The van der Waals surface area contributed by atoms with Crippen LogP contribution in [0.2, 0.25) is 10.0 Å². The Kier molecular flexibility index (Phi) is 4.26. The average molecular weight is 333 g/mol. The third-order valence-corrected chi connectivity index (χ3v) is 3.07. The van der Waals surface area contributed by atoms with Gasteiger partial charge in [-0.2, -0.15) is 0 Å². The van der Waals surface area contributed by atoms with E-state index in [0.717, 1.165) is 10.2 Å². The van der Waals surface area contributed by atoms with Crippen LogP contribution in [0.5, 0.6) is 5.75 Å². The Morgan fingerprint density at radius 2 is 2.00 bits per heavy atom. The number of benzene rings is 1. The third kappa shape index (κ3) is 3.60. The maximum atomic E-state index is 5.98. The van der Waals surface area contributed by atoms with Crippen molar-refractivity contribution in [3.63, 3.8) is 0 Å². The first-order valence-electron chi connectivity index (χ1n) is 4.83. The highest BCUT2D eigenvalue weighted by Crippen LogP contribution is 2.28. The van der Waals surface area contributed by atoms with Crippen LogP contribution in [0.15, 0.2) is 41.0 Å². The molecule has 1 aromatic carbocycles. The zero-order valence-electron chi connectivity index (χ0n) is 8.66. The number of halogens is 3. The van der Waals surface area contributed by atoms with Crippen LogP contribution in [-0.4, -0.2) is 4.98 Å². The molecule has 0 aliphatic rings. The second-order valence-electron chi connectivity index (χ2n) is 3.33. The molecule has 1 aromatic heterocycles. The lowest BCUT2D eigenvalue weighted by atomic mass is 10.3. The Hall–Kier alpha value is -0.770. The summed E-state index contributed by atoms with van der Waals surface area (Å²) in [5.74, 6) is 0.559. The quantitative estimate of drug-likeness (QED) is 0.810. The topological polar surface area (TPSA) is 22.1 Å². The van der Waals surface area contributed by atoms with Crippen LogP contribution in [-0.2, 0) is 6.61 Å². The molecule has 0 bridgehead atoms. The van der Waals surface area contributed by atoms with Gasteiger partial charge < -0.3 is 4.74 Å². The van der Waals surface area contributed by atoms with Crippen molar-refractivity contribution in [1.82, 2.24) is 4.98 Å². The number of pyridine rings is 1. The molecular formula is C12H8BrCl2NO. The van der Waals surface area contributed by atoms with E-state index in [1.54, 1.807) is 24.4 Å². The van der Waals surface area contributed by atoms with Gasteiger partial charge in [-0.15, -0.1) is 0 Å². The van der Waals surface area contributed by atoms with Crippen LogP contribution in [0.4, 0.5) is 0 Å². The third-order valence-electron chi connectivity index (χ3n) is 2.06. The summed E-state index contributed by atoms with van der Waals surface area (Å²) in [5, 5.41) is 1.12. The Labute approximate surface area is 118 Å². The predicted octanol–water partition coefficient (Wildman–Crippen LogP) is 4.73. The van der Waals surface area contributed by atoms with E-state index in [-0.39, 0.29) is 0 Å². The van der Waals surface area contributed by atoms with Gasteiger partial charge >= 0.3 is 0 Å². The molecule has 0 aliphatic carbocycles. The van der Waals surface area contributed by atoms with Gasteiger partial charge in [0.15, 0.2) is 0 Å². The summed E-state index contributed by atoms with van der Waals surface area (Å²) in [6.07, 6.45) is 1.72. The zero-order valence-corrected chi connectivity index (χ0v) is 11.8. The number of hydrogen-bond donors (Lipinski definition) is 0. The van der Waals surface area contributed by atoms with E-state index in [2.05, 4.69) is 20.9 Å². The largest absolute Gasteiger partial charge is 0.486 e. The molecule has 2 aromatic rings. The summed E-state index contributed by atoms with van der Waals surface area (Å²) in [6, 6.07) is 8.89. The lowest BCUT2D eigenvalue weighted by molar-refractivity contribution is 0.301. The van der Waals surface area contributed by atoms with Crippen molar-refractivity contribution in [1.29, 1.82) is 0 Å². The van der Waals surface area contributed by atoms with Crippen LogP contribution in [0.3, 0.4) is 0 Å². The van der Waals surface area contributed by atoms with Gasteiger partial charge in [0.25, 0.3) is 0 Å².